The van der Waals surface area contributed by atoms with Crippen molar-refractivity contribution in [2.75, 3.05) is 18.9 Å². The lowest BCUT2D eigenvalue weighted by molar-refractivity contribution is -0.116. The maximum atomic E-state index is 12.5. The monoisotopic (exact) mass is 387 g/mol. The minimum absolute atomic E-state index is 0.117. The summed E-state index contributed by atoms with van der Waals surface area (Å²) in [6, 6.07) is 15.8. The molecule has 0 spiro atoms. The number of pyridine rings is 1. The fraction of sp³-hybridized carbons (Fsp3) is 0.105. The lowest BCUT2D eigenvalue weighted by Crippen LogP contribution is -2.35. The first-order valence-electron chi connectivity index (χ1n) is 7.80. The van der Waals surface area contributed by atoms with Crippen LogP contribution in [-0.4, -0.2) is 35.3 Å². The van der Waals surface area contributed by atoms with Crippen LogP contribution < -0.4 is 5.32 Å². The molecule has 1 heterocycles. The van der Waals surface area contributed by atoms with Crippen LogP contribution in [0.15, 0.2) is 54.6 Å². The van der Waals surface area contributed by atoms with Gasteiger partial charge in [0.25, 0.3) is 5.91 Å². The highest BCUT2D eigenvalue weighted by Gasteiger charge is 2.17. The number of anilines is 1. The molecule has 0 fully saturated rings. The molecule has 3 rings (SSSR count). The van der Waals surface area contributed by atoms with Crippen molar-refractivity contribution in [2.45, 2.75) is 0 Å². The number of hydrogen-bond acceptors (Lipinski definition) is 3. The molecule has 0 aliphatic heterocycles. The molecule has 132 valence electrons. The van der Waals surface area contributed by atoms with Crippen LogP contribution in [0.5, 0.6) is 0 Å². The van der Waals surface area contributed by atoms with Crippen LogP contribution in [-0.2, 0) is 4.79 Å². The highest BCUT2D eigenvalue weighted by molar-refractivity contribution is 6.42. The Labute approximate surface area is 160 Å². The number of carbonyl (C=O) groups excluding carboxylic acids is 2. The molecule has 3 aromatic rings. The van der Waals surface area contributed by atoms with Crippen molar-refractivity contribution >= 4 is 51.6 Å². The van der Waals surface area contributed by atoms with Gasteiger partial charge >= 0.3 is 0 Å². The number of hydrogen-bond donors (Lipinski definition) is 1. The number of rotatable bonds is 4. The van der Waals surface area contributed by atoms with Crippen molar-refractivity contribution in [2.24, 2.45) is 0 Å². The van der Waals surface area contributed by atoms with Crippen LogP contribution >= 0.6 is 23.2 Å². The quantitative estimate of drug-likeness (QED) is 0.727. The molecular formula is C19H15Cl2N3O2. The Morgan fingerprint density at radius 1 is 1.04 bits per heavy atom. The number of para-hydroxylation sites is 1. The summed E-state index contributed by atoms with van der Waals surface area (Å²) >= 11 is 11.8. The van der Waals surface area contributed by atoms with Gasteiger partial charge in [0.05, 0.1) is 22.1 Å². The summed E-state index contributed by atoms with van der Waals surface area (Å²) in [4.78, 5) is 30.3. The van der Waals surface area contributed by atoms with Gasteiger partial charge in [0.2, 0.25) is 5.91 Å². The molecule has 0 aliphatic rings. The van der Waals surface area contributed by atoms with Crippen LogP contribution in [0.3, 0.4) is 0 Å². The second kappa shape index (κ2) is 7.72. The van der Waals surface area contributed by atoms with Crippen LogP contribution in [0.1, 0.15) is 10.5 Å². The van der Waals surface area contributed by atoms with E-state index in [1.54, 1.807) is 31.3 Å². The Balaban J connectivity index is 1.67. The summed E-state index contributed by atoms with van der Waals surface area (Å²) in [5.41, 5.74) is 1.52. The average molecular weight is 388 g/mol. The first-order chi connectivity index (χ1) is 12.4. The van der Waals surface area contributed by atoms with E-state index in [4.69, 9.17) is 23.2 Å². The van der Waals surface area contributed by atoms with Gasteiger partial charge in [0.1, 0.15) is 5.69 Å². The Bertz CT molecular complexity index is 991. The molecular weight excluding hydrogens is 373 g/mol. The SMILES string of the molecule is CN(CC(=O)Nc1ccc(Cl)c(Cl)c1)C(=O)c1ccc2ccccc2n1. The summed E-state index contributed by atoms with van der Waals surface area (Å²) in [6.07, 6.45) is 0. The number of carbonyl (C=O) groups is 2. The number of amides is 2. The predicted molar refractivity (Wildman–Crippen MR) is 104 cm³/mol. The van der Waals surface area contributed by atoms with Crippen molar-refractivity contribution in [1.82, 2.24) is 9.88 Å². The van der Waals surface area contributed by atoms with Crippen molar-refractivity contribution in [3.05, 3.63) is 70.3 Å². The minimum atomic E-state index is -0.347. The number of likely N-dealkylation sites (N-methyl/N-ethyl adjacent to an activating group) is 1. The molecule has 2 aromatic carbocycles. The molecule has 1 aromatic heterocycles. The zero-order valence-corrected chi connectivity index (χ0v) is 15.4. The number of benzene rings is 2. The summed E-state index contributed by atoms with van der Waals surface area (Å²) in [6.45, 7) is -0.117. The van der Waals surface area contributed by atoms with Gasteiger partial charge in [0, 0.05) is 18.1 Å². The molecule has 0 atom stereocenters. The number of nitrogens with one attached hydrogen (secondary N) is 1. The van der Waals surface area contributed by atoms with Crippen LogP contribution in [0.4, 0.5) is 5.69 Å². The van der Waals surface area contributed by atoms with E-state index in [1.165, 1.54) is 4.90 Å². The standard InChI is InChI=1S/C19H15Cl2N3O2/c1-24(11-18(25)22-13-7-8-14(20)15(21)10-13)19(26)17-9-6-12-4-2-3-5-16(12)23-17/h2-10H,11H2,1H3,(H,22,25). The van der Waals surface area contributed by atoms with Gasteiger partial charge in [-0.15, -0.1) is 0 Å². The van der Waals surface area contributed by atoms with Gasteiger partial charge in [-0.1, -0.05) is 47.5 Å². The Morgan fingerprint density at radius 2 is 1.81 bits per heavy atom. The number of fused-ring (bicyclic) bond motifs is 1. The molecule has 0 radical (unpaired) electrons. The van der Waals surface area contributed by atoms with Crippen molar-refractivity contribution in [1.29, 1.82) is 0 Å². The molecule has 0 aliphatic carbocycles. The summed E-state index contributed by atoms with van der Waals surface area (Å²) in [5, 5.41) is 4.37. The lowest BCUT2D eigenvalue weighted by atomic mass is 10.2. The van der Waals surface area contributed by atoms with Gasteiger partial charge in [-0.3, -0.25) is 9.59 Å². The van der Waals surface area contributed by atoms with Crippen molar-refractivity contribution in [3.8, 4) is 0 Å². The highest BCUT2D eigenvalue weighted by Crippen LogP contribution is 2.25. The average Bonchev–Trinajstić information content (AvgIpc) is 2.63. The van der Waals surface area contributed by atoms with Gasteiger partial charge < -0.3 is 10.2 Å². The van der Waals surface area contributed by atoms with E-state index in [9.17, 15) is 9.59 Å². The Hall–Kier alpha value is -2.63. The molecule has 1 N–H and O–H groups in total. The van der Waals surface area contributed by atoms with Gasteiger partial charge in [-0.25, -0.2) is 4.98 Å². The van der Waals surface area contributed by atoms with E-state index in [2.05, 4.69) is 10.3 Å². The number of aromatic nitrogens is 1. The molecule has 5 nitrogen and oxygen atoms in total. The van der Waals surface area contributed by atoms with E-state index >= 15 is 0 Å². The molecule has 0 saturated carbocycles. The van der Waals surface area contributed by atoms with Crippen molar-refractivity contribution < 1.29 is 9.59 Å². The summed E-state index contributed by atoms with van der Waals surface area (Å²) in [5.74, 6) is -0.680. The third-order valence-electron chi connectivity index (χ3n) is 3.75. The molecule has 7 heteroatoms. The van der Waals surface area contributed by atoms with E-state index < -0.39 is 0 Å². The molecule has 0 bridgehead atoms. The van der Waals surface area contributed by atoms with E-state index in [1.807, 2.05) is 30.3 Å². The fourth-order valence-corrected chi connectivity index (χ4v) is 2.74. The molecule has 26 heavy (non-hydrogen) atoms. The van der Waals surface area contributed by atoms with Gasteiger partial charge in [0.15, 0.2) is 0 Å². The molecule has 0 saturated heterocycles. The van der Waals surface area contributed by atoms with E-state index in [-0.39, 0.29) is 24.1 Å². The zero-order valence-electron chi connectivity index (χ0n) is 13.9. The van der Waals surface area contributed by atoms with Gasteiger partial charge in [-0.2, -0.15) is 0 Å². The van der Waals surface area contributed by atoms with E-state index in [0.717, 1.165) is 10.9 Å². The first-order valence-corrected chi connectivity index (χ1v) is 8.56. The fourth-order valence-electron chi connectivity index (χ4n) is 2.44. The Kier molecular flexibility index (Phi) is 5.40. The van der Waals surface area contributed by atoms with Gasteiger partial charge in [-0.05, 0) is 30.3 Å². The highest BCUT2D eigenvalue weighted by atomic mass is 35.5. The molecule has 0 unspecified atom stereocenters. The smallest absolute Gasteiger partial charge is 0.272 e. The van der Waals surface area contributed by atoms with Crippen molar-refractivity contribution in [3.63, 3.8) is 0 Å². The maximum Gasteiger partial charge on any atom is 0.272 e. The second-order valence-corrected chi connectivity index (χ2v) is 6.54. The minimum Gasteiger partial charge on any atom is -0.331 e. The first kappa shape index (κ1) is 18.2. The third-order valence-corrected chi connectivity index (χ3v) is 4.49. The van der Waals surface area contributed by atoms with E-state index in [0.29, 0.717) is 15.7 Å². The normalized spacial score (nSPS) is 10.6. The second-order valence-electron chi connectivity index (χ2n) is 5.73. The number of nitrogens with zero attached hydrogens (tertiary/aromatic N) is 2. The zero-order chi connectivity index (χ0) is 18.7. The maximum absolute atomic E-state index is 12.5. The largest absolute Gasteiger partial charge is 0.331 e. The predicted octanol–water partition coefficient (Wildman–Crippen LogP) is 4.25. The van der Waals surface area contributed by atoms with Crippen LogP contribution in [0, 0.1) is 0 Å². The topological polar surface area (TPSA) is 62.3 Å². The van der Waals surface area contributed by atoms with Crippen LogP contribution in [0.2, 0.25) is 10.0 Å². The summed E-state index contributed by atoms with van der Waals surface area (Å²) in [7, 11) is 1.55. The van der Waals surface area contributed by atoms with Crippen LogP contribution in [0.25, 0.3) is 10.9 Å². The molecule has 2 amide bonds. The third kappa shape index (κ3) is 4.12. The summed E-state index contributed by atoms with van der Waals surface area (Å²) < 4.78 is 0. The lowest BCUT2D eigenvalue weighted by Gasteiger charge is -2.16. The Morgan fingerprint density at radius 3 is 2.58 bits per heavy atom. The number of halogens is 2.